The van der Waals surface area contributed by atoms with Crippen LogP contribution in [-0.2, 0) is 4.79 Å². The number of aromatic nitrogens is 2. The van der Waals surface area contributed by atoms with E-state index in [0.717, 1.165) is 25.8 Å². The Morgan fingerprint density at radius 2 is 2.24 bits per heavy atom. The van der Waals surface area contributed by atoms with Crippen LogP contribution in [0.2, 0.25) is 0 Å². The van der Waals surface area contributed by atoms with Gasteiger partial charge in [-0.15, -0.1) is 0 Å². The van der Waals surface area contributed by atoms with E-state index in [1.807, 2.05) is 11.8 Å². The molecule has 0 bridgehead atoms. The summed E-state index contributed by atoms with van der Waals surface area (Å²) >= 11 is 0. The van der Waals surface area contributed by atoms with Gasteiger partial charge in [-0.1, -0.05) is 13.3 Å². The molecule has 1 aromatic rings. The van der Waals surface area contributed by atoms with Crippen molar-refractivity contribution in [3.63, 3.8) is 0 Å². The number of aliphatic hydroxyl groups is 1. The standard InChI is InChI=1S/C15H24N4O2/c1-3-7-15(2,21)11-18-13(20)12-6-4-10-19(12)14-16-8-5-9-17-14/h5,8-9,12,21H,3-4,6-7,10-11H2,1-2H3,(H,18,20). The van der Waals surface area contributed by atoms with E-state index in [0.29, 0.717) is 12.4 Å². The highest BCUT2D eigenvalue weighted by Gasteiger charge is 2.33. The molecule has 1 fully saturated rings. The maximum absolute atomic E-state index is 12.4. The van der Waals surface area contributed by atoms with Gasteiger partial charge in [0.05, 0.1) is 5.60 Å². The Morgan fingerprint density at radius 3 is 2.90 bits per heavy atom. The average molecular weight is 292 g/mol. The highest BCUT2D eigenvalue weighted by molar-refractivity contribution is 5.85. The van der Waals surface area contributed by atoms with Gasteiger partial charge in [-0.3, -0.25) is 4.79 Å². The van der Waals surface area contributed by atoms with Crippen molar-refractivity contribution in [2.24, 2.45) is 0 Å². The van der Waals surface area contributed by atoms with Crippen LogP contribution >= 0.6 is 0 Å². The van der Waals surface area contributed by atoms with Crippen molar-refractivity contribution in [3.8, 4) is 0 Å². The van der Waals surface area contributed by atoms with Gasteiger partial charge in [0.25, 0.3) is 0 Å². The minimum absolute atomic E-state index is 0.0590. The molecule has 1 amide bonds. The first kappa shape index (κ1) is 15.7. The number of anilines is 1. The van der Waals surface area contributed by atoms with Crippen LogP contribution in [-0.4, -0.2) is 45.7 Å². The second-order valence-corrected chi connectivity index (χ2v) is 5.86. The summed E-state index contributed by atoms with van der Waals surface area (Å²) in [5.41, 5.74) is -0.850. The molecule has 2 rings (SSSR count). The first-order chi connectivity index (χ1) is 10.0. The zero-order valence-electron chi connectivity index (χ0n) is 12.7. The van der Waals surface area contributed by atoms with Crippen LogP contribution in [0, 0.1) is 0 Å². The topological polar surface area (TPSA) is 78.4 Å². The van der Waals surface area contributed by atoms with Gasteiger partial charge in [0.1, 0.15) is 6.04 Å². The smallest absolute Gasteiger partial charge is 0.242 e. The van der Waals surface area contributed by atoms with Crippen molar-refractivity contribution in [3.05, 3.63) is 18.5 Å². The van der Waals surface area contributed by atoms with Crippen LogP contribution in [0.1, 0.15) is 39.5 Å². The molecule has 2 unspecified atom stereocenters. The maximum Gasteiger partial charge on any atom is 0.242 e. The van der Waals surface area contributed by atoms with Crippen molar-refractivity contribution in [2.75, 3.05) is 18.0 Å². The lowest BCUT2D eigenvalue weighted by molar-refractivity contribution is -0.123. The molecular weight excluding hydrogens is 268 g/mol. The fourth-order valence-corrected chi connectivity index (χ4v) is 2.74. The van der Waals surface area contributed by atoms with Gasteiger partial charge in [-0.25, -0.2) is 9.97 Å². The predicted octanol–water partition coefficient (Wildman–Crippen LogP) is 1.11. The van der Waals surface area contributed by atoms with E-state index < -0.39 is 5.60 Å². The molecule has 2 heterocycles. The van der Waals surface area contributed by atoms with E-state index in [9.17, 15) is 9.90 Å². The molecule has 6 nitrogen and oxygen atoms in total. The Morgan fingerprint density at radius 1 is 1.52 bits per heavy atom. The van der Waals surface area contributed by atoms with Crippen LogP contribution in [0.3, 0.4) is 0 Å². The fourth-order valence-electron chi connectivity index (χ4n) is 2.74. The predicted molar refractivity (Wildman–Crippen MR) is 80.9 cm³/mol. The van der Waals surface area contributed by atoms with Crippen molar-refractivity contribution in [2.45, 2.75) is 51.2 Å². The van der Waals surface area contributed by atoms with Crippen LogP contribution in [0.15, 0.2) is 18.5 Å². The summed E-state index contributed by atoms with van der Waals surface area (Å²) < 4.78 is 0. The molecule has 1 aliphatic heterocycles. The third kappa shape index (κ3) is 4.14. The highest BCUT2D eigenvalue weighted by Crippen LogP contribution is 2.22. The van der Waals surface area contributed by atoms with Crippen molar-refractivity contribution < 1.29 is 9.90 Å². The van der Waals surface area contributed by atoms with Gasteiger partial charge in [-0.05, 0) is 32.3 Å². The van der Waals surface area contributed by atoms with Gasteiger partial charge < -0.3 is 15.3 Å². The largest absolute Gasteiger partial charge is 0.388 e. The SMILES string of the molecule is CCCC(C)(O)CNC(=O)C1CCCN1c1ncccn1. The summed E-state index contributed by atoms with van der Waals surface area (Å²) in [5, 5.41) is 13.0. The maximum atomic E-state index is 12.4. The summed E-state index contributed by atoms with van der Waals surface area (Å²) in [4.78, 5) is 22.7. The summed E-state index contributed by atoms with van der Waals surface area (Å²) in [6.07, 6.45) is 6.66. The van der Waals surface area contributed by atoms with E-state index in [1.54, 1.807) is 25.4 Å². The minimum atomic E-state index is -0.850. The molecular formula is C15H24N4O2. The molecule has 2 atom stereocenters. The second-order valence-electron chi connectivity index (χ2n) is 5.86. The molecule has 0 radical (unpaired) electrons. The van der Waals surface area contributed by atoms with Crippen LogP contribution in [0.5, 0.6) is 0 Å². The molecule has 0 saturated carbocycles. The number of hydrogen-bond donors (Lipinski definition) is 2. The van der Waals surface area contributed by atoms with Gasteiger partial charge in [0, 0.05) is 25.5 Å². The number of hydrogen-bond acceptors (Lipinski definition) is 5. The third-order valence-corrected chi connectivity index (χ3v) is 3.80. The molecule has 1 aromatic heterocycles. The Bertz CT molecular complexity index is 464. The van der Waals surface area contributed by atoms with Gasteiger partial charge in [0.2, 0.25) is 11.9 Å². The molecule has 116 valence electrons. The van der Waals surface area contributed by atoms with Gasteiger partial charge >= 0.3 is 0 Å². The number of amides is 1. The number of carbonyl (C=O) groups is 1. The molecule has 1 saturated heterocycles. The average Bonchev–Trinajstić information content (AvgIpc) is 2.95. The van der Waals surface area contributed by atoms with Gasteiger partial charge in [0.15, 0.2) is 0 Å². The highest BCUT2D eigenvalue weighted by atomic mass is 16.3. The summed E-state index contributed by atoms with van der Waals surface area (Å²) in [6.45, 7) is 4.83. The molecule has 6 heteroatoms. The summed E-state index contributed by atoms with van der Waals surface area (Å²) in [7, 11) is 0. The molecule has 0 spiro atoms. The quantitative estimate of drug-likeness (QED) is 0.821. The third-order valence-electron chi connectivity index (χ3n) is 3.80. The fraction of sp³-hybridized carbons (Fsp3) is 0.667. The lowest BCUT2D eigenvalue weighted by Crippen LogP contribution is -2.48. The summed E-state index contributed by atoms with van der Waals surface area (Å²) in [6, 6.07) is 1.51. The number of carbonyl (C=O) groups excluding carboxylic acids is 1. The second kappa shape index (κ2) is 6.85. The molecule has 21 heavy (non-hydrogen) atoms. The summed E-state index contributed by atoms with van der Waals surface area (Å²) in [5.74, 6) is 0.534. The van der Waals surface area contributed by atoms with E-state index >= 15 is 0 Å². The lowest BCUT2D eigenvalue weighted by atomic mass is 10.0. The normalized spacial score (nSPS) is 21.1. The Hall–Kier alpha value is -1.69. The number of nitrogens with zero attached hydrogens (tertiary/aromatic N) is 3. The van der Waals surface area contributed by atoms with E-state index in [4.69, 9.17) is 0 Å². The minimum Gasteiger partial charge on any atom is -0.388 e. The van der Waals surface area contributed by atoms with E-state index in [1.165, 1.54) is 0 Å². The Kier molecular flexibility index (Phi) is 5.12. The molecule has 0 aromatic carbocycles. The molecule has 1 aliphatic rings. The van der Waals surface area contributed by atoms with Crippen LogP contribution < -0.4 is 10.2 Å². The van der Waals surface area contributed by atoms with Gasteiger partial charge in [-0.2, -0.15) is 0 Å². The monoisotopic (exact) mass is 292 g/mol. The Labute approximate surface area is 125 Å². The van der Waals surface area contributed by atoms with Crippen LogP contribution in [0.4, 0.5) is 5.95 Å². The van der Waals surface area contributed by atoms with Crippen molar-refractivity contribution >= 4 is 11.9 Å². The lowest BCUT2D eigenvalue weighted by Gasteiger charge is -2.27. The number of rotatable bonds is 6. The van der Waals surface area contributed by atoms with Crippen molar-refractivity contribution in [1.29, 1.82) is 0 Å². The zero-order chi connectivity index (χ0) is 15.3. The molecule has 2 N–H and O–H groups in total. The first-order valence-electron chi connectivity index (χ1n) is 7.57. The number of nitrogens with one attached hydrogen (secondary N) is 1. The van der Waals surface area contributed by atoms with E-state index in [-0.39, 0.29) is 18.5 Å². The van der Waals surface area contributed by atoms with E-state index in [2.05, 4.69) is 15.3 Å². The first-order valence-corrected chi connectivity index (χ1v) is 7.57. The molecule has 0 aliphatic carbocycles. The van der Waals surface area contributed by atoms with Crippen molar-refractivity contribution in [1.82, 2.24) is 15.3 Å². The van der Waals surface area contributed by atoms with Crippen LogP contribution in [0.25, 0.3) is 0 Å². The Balaban J connectivity index is 1.95. The zero-order valence-corrected chi connectivity index (χ0v) is 12.7.